The van der Waals surface area contributed by atoms with Crippen LogP contribution in [0.25, 0.3) is 0 Å². The molecule has 388 valence electrons. The van der Waals surface area contributed by atoms with Crippen LogP contribution in [0.4, 0.5) is 0 Å². The van der Waals surface area contributed by atoms with Crippen LogP contribution in [-0.2, 0) is 28.6 Å². The second-order valence-corrected chi connectivity index (χ2v) is 20.0. The van der Waals surface area contributed by atoms with E-state index in [0.29, 0.717) is 19.3 Å². The first kappa shape index (κ1) is 63.9. The Balaban J connectivity index is 4.36. The van der Waals surface area contributed by atoms with Gasteiger partial charge in [0, 0.05) is 19.3 Å². The van der Waals surface area contributed by atoms with Gasteiger partial charge in [0.15, 0.2) is 6.10 Å². The molecule has 1 atom stereocenters. The molecule has 0 aliphatic carbocycles. The van der Waals surface area contributed by atoms with E-state index >= 15 is 0 Å². The van der Waals surface area contributed by atoms with Gasteiger partial charge in [-0.05, 0) is 44.9 Å². The maximum Gasteiger partial charge on any atom is 0.306 e. The van der Waals surface area contributed by atoms with Crippen molar-refractivity contribution in [3.8, 4) is 0 Å². The third kappa shape index (κ3) is 52.9. The maximum absolute atomic E-state index is 12.9. The molecule has 6 heteroatoms. The minimum absolute atomic E-state index is 0.0739. The highest BCUT2D eigenvalue weighted by Crippen LogP contribution is 2.17. The number of ether oxygens (including phenoxy) is 3. The molecule has 0 aromatic rings. The summed E-state index contributed by atoms with van der Waals surface area (Å²) in [5.41, 5.74) is 0. The van der Waals surface area contributed by atoms with Gasteiger partial charge in [-0.3, -0.25) is 14.4 Å². The lowest BCUT2D eigenvalue weighted by Crippen LogP contribution is -2.30. The van der Waals surface area contributed by atoms with E-state index in [9.17, 15) is 14.4 Å². The molecule has 0 radical (unpaired) electrons. The molecule has 6 nitrogen and oxygen atoms in total. The molecule has 0 amide bonds. The van der Waals surface area contributed by atoms with Crippen LogP contribution in [0.15, 0.2) is 24.3 Å². The van der Waals surface area contributed by atoms with Gasteiger partial charge in [-0.1, -0.05) is 283 Å². The van der Waals surface area contributed by atoms with E-state index in [-0.39, 0.29) is 31.1 Å². The number of hydrogen-bond donors (Lipinski definition) is 0. The van der Waals surface area contributed by atoms with Crippen molar-refractivity contribution in [2.45, 2.75) is 329 Å². The van der Waals surface area contributed by atoms with Crippen LogP contribution in [0.1, 0.15) is 323 Å². The molecule has 66 heavy (non-hydrogen) atoms. The highest BCUT2D eigenvalue weighted by molar-refractivity contribution is 5.71. The number of allylic oxidation sites excluding steroid dienone is 4. The molecule has 0 rings (SSSR count). The second-order valence-electron chi connectivity index (χ2n) is 20.0. The number of carbonyl (C=O) groups excluding carboxylic acids is 3. The van der Waals surface area contributed by atoms with Gasteiger partial charge >= 0.3 is 17.9 Å². The standard InChI is InChI=1S/C60H112O6/c1-4-7-10-13-16-19-22-25-28-31-34-37-40-43-46-49-52-58(61)64-55-57(66-60(63)54-51-48-45-42-39-36-33-30-27-24-21-18-15-12-9-6-3)56-65-59(62)53-50-47-44-41-38-35-32-29-26-23-20-17-14-11-8-5-2/h28,31,34,37,57H,4-27,29-30,32-33,35-36,38-56H2,1-3H3/b31-28-,37-34-. The molecule has 0 aromatic carbocycles. The lowest BCUT2D eigenvalue weighted by atomic mass is 10.0. The third-order valence-electron chi connectivity index (χ3n) is 13.2. The van der Waals surface area contributed by atoms with Gasteiger partial charge in [0.05, 0.1) is 0 Å². The van der Waals surface area contributed by atoms with Crippen molar-refractivity contribution in [1.82, 2.24) is 0 Å². The average Bonchev–Trinajstić information content (AvgIpc) is 3.31. The predicted molar refractivity (Wildman–Crippen MR) is 284 cm³/mol. The van der Waals surface area contributed by atoms with E-state index in [4.69, 9.17) is 14.2 Å². The van der Waals surface area contributed by atoms with Crippen LogP contribution < -0.4 is 0 Å². The van der Waals surface area contributed by atoms with E-state index < -0.39 is 6.10 Å². The first-order valence-corrected chi connectivity index (χ1v) is 29.4. The van der Waals surface area contributed by atoms with Crippen LogP contribution >= 0.6 is 0 Å². The zero-order valence-electron chi connectivity index (χ0n) is 44.5. The summed E-state index contributed by atoms with van der Waals surface area (Å²) < 4.78 is 16.9. The van der Waals surface area contributed by atoms with E-state index in [2.05, 4.69) is 45.1 Å². The summed E-state index contributed by atoms with van der Waals surface area (Å²) >= 11 is 0. The molecule has 0 saturated heterocycles. The van der Waals surface area contributed by atoms with E-state index in [1.165, 1.54) is 212 Å². The Bertz CT molecular complexity index is 1070. The van der Waals surface area contributed by atoms with Gasteiger partial charge in [-0.15, -0.1) is 0 Å². The Morgan fingerprint density at radius 3 is 0.818 bits per heavy atom. The molecular weight excluding hydrogens is 817 g/mol. The van der Waals surface area contributed by atoms with Crippen molar-refractivity contribution in [2.75, 3.05) is 13.2 Å². The van der Waals surface area contributed by atoms with Gasteiger partial charge in [0.1, 0.15) is 13.2 Å². The summed E-state index contributed by atoms with van der Waals surface area (Å²) in [5.74, 6) is -0.878. The lowest BCUT2D eigenvalue weighted by molar-refractivity contribution is -0.167. The van der Waals surface area contributed by atoms with Crippen molar-refractivity contribution >= 4 is 17.9 Å². The maximum atomic E-state index is 12.9. The number of hydrogen-bond acceptors (Lipinski definition) is 6. The van der Waals surface area contributed by atoms with Crippen molar-refractivity contribution < 1.29 is 28.6 Å². The largest absolute Gasteiger partial charge is 0.462 e. The number of unbranched alkanes of at least 4 members (excludes halogenated alkanes) is 40. The van der Waals surface area contributed by atoms with Crippen LogP contribution in [0.5, 0.6) is 0 Å². The Kier molecular flexibility index (Phi) is 53.7. The molecule has 0 spiro atoms. The summed E-state index contributed by atoms with van der Waals surface area (Å²) in [6.45, 7) is 6.67. The normalized spacial score (nSPS) is 12.1. The first-order valence-electron chi connectivity index (χ1n) is 29.4. The van der Waals surface area contributed by atoms with Gasteiger partial charge in [-0.25, -0.2) is 0 Å². The second kappa shape index (κ2) is 55.5. The Morgan fingerprint density at radius 1 is 0.303 bits per heavy atom. The molecular formula is C60H112O6. The Labute approximate surface area is 411 Å². The fraction of sp³-hybridized carbons (Fsp3) is 0.883. The Hall–Kier alpha value is -2.11. The summed E-state index contributed by atoms with van der Waals surface area (Å²) in [6, 6.07) is 0. The van der Waals surface area contributed by atoms with Crippen molar-refractivity contribution in [2.24, 2.45) is 0 Å². The number of esters is 3. The topological polar surface area (TPSA) is 78.9 Å². The minimum Gasteiger partial charge on any atom is -0.462 e. The zero-order valence-corrected chi connectivity index (χ0v) is 44.5. The molecule has 0 aromatic heterocycles. The number of carbonyl (C=O) groups is 3. The zero-order chi connectivity index (χ0) is 47.9. The minimum atomic E-state index is -0.777. The van der Waals surface area contributed by atoms with Gasteiger partial charge in [-0.2, -0.15) is 0 Å². The van der Waals surface area contributed by atoms with Crippen LogP contribution in [0.2, 0.25) is 0 Å². The molecule has 0 aliphatic rings. The average molecular weight is 930 g/mol. The van der Waals surface area contributed by atoms with Crippen LogP contribution in [0.3, 0.4) is 0 Å². The Morgan fingerprint density at radius 2 is 0.530 bits per heavy atom. The highest BCUT2D eigenvalue weighted by Gasteiger charge is 2.19. The van der Waals surface area contributed by atoms with Crippen molar-refractivity contribution in [3.63, 3.8) is 0 Å². The lowest BCUT2D eigenvalue weighted by Gasteiger charge is -2.18. The molecule has 0 saturated carbocycles. The summed E-state index contributed by atoms with van der Waals surface area (Å²) in [6.07, 6.45) is 64.5. The van der Waals surface area contributed by atoms with Crippen molar-refractivity contribution in [3.05, 3.63) is 24.3 Å². The van der Waals surface area contributed by atoms with E-state index in [1.54, 1.807) is 0 Å². The molecule has 1 unspecified atom stereocenters. The van der Waals surface area contributed by atoms with Gasteiger partial charge < -0.3 is 14.2 Å². The fourth-order valence-corrected chi connectivity index (χ4v) is 8.79. The molecule has 0 fully saturated rings. The molecule has 0 aliphatic heterocycles. The van der Waals surface area contributed by atoms with Crippen LogP contribution in [0, 0.1) is 0 Å². The molecule has 0 heterocycles. The van der Waals surface area contributed by atoms with Gasteiger partial charge in [0.25, 0.3) is 0 Å². The highest BCUT2D eigenvalue weighted by atomic mass is 16.6. The third-order valence-corrected chi connectivity index (χ3v) is 13.2. The SMILES string of the molecule is CCCCCCCCC/C=C\C=C/CCCCCC(=O)OCC(COC(=O)CCCCCCCCCCCCCCCCCC)OC(=O)CCCCCCCCCCCCCCCCCC. The monoisotopic (exact) mass is 929 g/mol. The number of rotatable bonds is 54. The smallest absolute Gasteiger partial charge is 0.306 e. The quantitative estimate of drug-likeness (QED) is 0.0262. The summed E-state index contributed by atoms with van der Waals surface area (Å²) in [5, 5.41) is 0. The predicted octanol–water partition coefficient (Wildman–Crippen LogP) is 19.5. The molecule has 0 bridgehead atoms. The summed E-state index contributed by atoms with van der Waals surface area (Å²) in [4.78, 5) is 38.1. The molecule has 0 N–H and O–H groups in total. The van der Waals surface area contributed by atoms with Crippen molar-refractivity contribution in [1.29, 1.82) is 0 Å². The fourth-order valence-electron chi connectivity index (χ4n) is 8.79. The van der Waals surface area contributed by atoms with Gasteiger partial charge in [0.2, 0.25) is 0 Å². The van der Waals surface area contributed by atoms with Crippen LogP contribution in [-0.4, -0.2) is 37.2 Å². The van der Waals surface area contributed by atoms with E-state index in [1.807, 2.05) is 0 Å². The van der Waals surface area contributed by atoms with E-state index in [0.717, 1.165) is 70.6 Å². The summed E-state index contributed by atoms with van der Waals surface area (Å²) in [7, 11) is 0. The first-order chi connectivity index (χ1) is 32.5.